The number of rotatable bonds is 6. The first-order chi connectivity index (χ1) is 9.79. The van der Waals surface area contributed by atoms with E-state index in [1.165, 1.54) is 5.56 Å². The standard InChI is InChI=1S/C15H17N3OS/c19-14(17-12-2-3-12)9-13-10-20-15(18-13)4-1-11-5-7-16-8-6-11/h5-8,10,12H,1-4,9H2,(H,17,19). The van der Waals surface area contributed by atoms with E-state index in [1.54, 1.807) is 11.3 Å². The van der Waals surface area contributed by atoms with Crippen LogP contribution in [0.1, 0.15) is 29.1 Å². The van der Waals surface area contributed by atoms with Gasteiger partial charge in [-0.2, -0.15) is 0 Å². The molecule has 1 N–H and O–H groups in total. The van der Waals surface area contributed by atoms with Crippen molar-refractivity contribution in [3.05, 3.63) is 46.2 Å². The number of aromatic nitrogens is 2. The van der Waals surface area contributed by atoms with E-state index in [0.29, 0.717) is 12.5 Å². The minimum Gasteiger partial charge on any atom is -0.353 e. The van der Waals surface area contributed by atoms with Gasteiger partial charge in [-0.3, -0.25) is 9.78 Å². The molecule has 1 fully saturated rings. The first kappa shape index (κ1) is 13.2. The zero-order valence-electron chi connectivity index (χ0n) is 11.2. The summed E-state index contributed by atoms with van der Waals surface area (Å²) >= 11 is 1.64. The van der Waals surface area contributed by atoms with Crippen molar-refractivity contribution >= 4 is 17.2 Å². The van der Waals surface area contributed by atoms with Gasteiger partial charge < -0.3 is 5.32 Å². The minimum absolute atomic E-state index is 0.0958. The molecule has 0 aromatic carbocycles. The molecule has 20 heavy (non-hydrogen) atoms. The Bertz CT molecular complexity index is 578. The smallest absolute Gasteiger partial charge is 0.226 e. The summed E-state index contributed by atoms with van der Waals surface area (Å²) in [5.74, 6) is 0.0958. The van der Waals surface area contributed by atoms with Crippen LogP contribution in [0.4, 0.5) is 0 Å². The van der Waals surface area contributed by atoms with Gasteiger partial charge in [-0.1, -0.05) is 0 Å². The van der Waals surface area contributed by atoms with Crippen LogP contribution in [0, 0.1) is 0 Å². The number of hydrogen-bond acceptors (Lipinski definition) is 4. The summed E-state index contributed by atoms with van der Waals surface area (Å²) in [6.07, 6.45) is 8.15. The summed E-state index contributed by atoms with van der Waals surface area (Å²) in [5.41, 5.74) is 2.15. The molecule has 0 aliphatic heterocycles. The van der Waals surface area contributed by atoms with Gasteiger partial charge in [-0.15, -0.1) is 11.3 Å². The highest BCUT2D eigenvalue weighted by atomic mass is 32.1. The number of aryl methyl sites for hydroxylation is 2. The Morgan fingerprint density at radius 3 is 2.85 bits per heavy atom. The average molecular weight is 287 g/mol. The molecule has 2 heterocycles. The molecule has 0 saturated heterocycles. The van der Waals surface area contributed by atoms with Crippen LogP contribution >= 0.6 is 11.3 Å². The zero-order chi connectivity index (χ0) is 13.8. The van der Waals surface area contributed by atoms with Crippen molar-refractivity contribution in [3.8, 4) is 0 Å². The van der Waals surface area contributed by atoms with Gasteiger partial charge in [0.2, 0.25) is 5.91 Å². The Balaban J connectivity index is 1.49. The van der Waals surface area contributed by atoms with Gasteiger partial charge in [0.25, 0.3) is 0 Å². The molecule has 0 unspecified atom stereocenters. The quantitative estimate of drug-likeness (QED) is 0.885. The van der Waals surface area contributed by atoms with Crippen molar-refractivity contribution in [2.45, 2.75) is 38.1 Å². The number of thiazole rings is 1. The predicted octanol–water partition coefficient (Wildman–Crippen LogP) is 2.14. The highest BCUT2D eigenvalue weighted by Crippen LogP contribution is 2.19. The lowest BCUT2D eigenvalue weighted by Gasteiger charge is -2.00. The molecule has 1 aliphatic rings. The Labute approximate surface area is 122 Å². The number of pyridine rings is 1. The SMILES string of the molecule is O=C(Cc1csc(CCc2ccncc2)n1)NC1CC1. The van der Waals surface area contributed by atoms with Gasteiger partial charge in [0.15, 0.2) is 0 Å². The van der Waals surface area contributed by atoms with Gasteiger partial charge in [0.1, 0.15) is 0 Å². The van der Waals surface area contributed by atoms with Crippen LogP contribution in [-0.2, 0) is 24.1 Å². The van der Waals surface area contributed by atoms with E-state index < -0.39 is 0 Å². The Kier molecular flexibility index (Phi) is 4.06. The van der Waals surface area contributed by atoms with Crippen LogP contribution in [-0.4, -0.2) is 21.9 Å². The third-order valence-corrected chi connectivity index (χ3v) is 4.22. The number of nitrogens with one attached hydrogen (secondary N) is 1. The Morgan fingerprint density at radius 2 is 2.10 bits per heavy atom. The van der Waals surface area contributed by atoms with Crippen molar-refractivity contribution in [1.82, 2.24) is 15.3 Å². The fourth-order valence-corrected chi connectivity index (χ4v) is 2.81. The topological polar surface area (TPSA) is 54.9 Å². The number of carbonyl (C=O) groups is 1. The predicted molar refractivity (Wildman–Crippen MR) is 78.6 cm³/mol. The summed E-state index contributed by atoms with van der Waals surface area (Å²) in [5, 5.41) is 6.08. The average Bonchev–Trinajstić information content (AvgIpc) is 3.15. The summed E-state index contributed by atoms with van der Waals surface area (Å²) in [6.45, 7) is 0. The van der Waals surface area contributed by atoms with E-state index in [9.17, 15) is 4.79 Å². The zero-order valence-corrected chi connectivity index (χ0v) is 12.0. The second-order valence-electron chi connectivity index (χ2n) is 5.11. The van der Waals surface area contributed by atoms with Gasteiger partial charge in [0, 0.05) is 30.2 Å². The van der Waals surface area contributed by atoms with Crippen molar-refractivity contribution < 1.29 is 4.79 Å². The van der Waals surface area contributed by atoms with Crippen LogP contribution in [0.2, 0.25) is 0 Å². The molecule has 0 radical (unpaired) electrons. The largest absolute Gasteiger partial charge is 0.353 e. The fourth-order valence-electron chi connectivity index (χ4n) is 2.02. The first-order valence-corrected chi connectivity index (χ1v) is 7.79. The molecule has 1 saturated carbocycles. The minimum atomic E-state index is 0.0958. The van der Waals surface area contributed by atoms with Gasteiger partial charge in [0.05, 0.1) is 17.1 Å². The Hall–Kier alpha value is -1.75. The van der Waals surface area contributed by atoms with Gasteiger partial charge in [-0.25, -0.2) is 4.98 Å². The highest BCUT2D eigenvalue weighted by Gasteiger charge is 2.23. The third-order valence-electron chi connectivity index (χ3n) is 3.26. The van der Waals surface area contributed by atoms with Crippen LogP contribution < -0.4 is 5.32 Å². The lowest BCUT2D eigenvalue weighted by Crippen LogP contribution is -2.27. The Morgan fingerprint density at radius 1 is 1.30 bits per heavy atom. The molecule has 1 amide bonds. The van der Waals surface area contributed by atoms with Crippen LogP contribution in [0.15, 0.2) is 29.9 Å². The van der Waals surface area contributed by atoms with Gasteiger partial charge >= 0.3 is 0 Å². The lowest BCUT2D eigenvalue weighted by atomic mass is 10.1. The van der Waals surface area contributed by atoms with Crippen LogP contribution in [0.25, 0.3) is 0 Å². The highest BCUT2D eigenvalue weighted by molar-refractivity contribution is 7.09. The van der Waals surface area contributed by atoms with Crippen molar-refractivity contribution in [2.24, 2.45) is 0 Å². The van der Waals surface area contributed by atoms with Gasteiger partial charge in [-0.05, 0) is 37.0 Å². The molecular weight excluding hydrogens is 270 g/mol. The van der Waals surface area contributed by atoms with E-state index in [2.05, 4.69) is 15.3 Å². The normalized spacial score (nSPS) is 14.2. The maximum Gasteiger partial charge on any atom is 0.226 e. The molecule has 0 spiro atoms. The molecule has 4 nitrogen and oxygen atoms in total. The molecule has 2 aromatic rings. The fraction of sp³-hybridized carbons (Fsp3) is 0.400. The van der Waals surface area contributed by atoms with E-state index in [-0.39, 0.29) is 5.91 Å². The third kappa shape index (κ3) is 3.87. The number of carbonyl (C=O) groups excluding carboxylic acids is 1. The van der Waals surface area contributed by atoms with Crippen LogP contribution in [0.3, 0.4) is 0 Å². The monoisotopic (exact) mass is 287 g/mol. The summed E-state index contributed by atoms with van der Waals surface area (Å²) in [7, 11) is 0. The summed E-state index contributed by atoms with van der Waals surface area (Å²) in [6, 6.07) is 4.47. The molecule has 104 valence electrons. The molecule has 2 aromatic heterocycles. The van der Waals surface area contributed by atoms with E-state index in [0.717, 1.165) is 36.4 Å². The molecule has 0 bridgehead atoms. The molecule has 5 heteroatoms. The summed E-state index contributed by atoms with van der Waals surface area (Å²) < 4.78 is 0. The number of amides is 1. The van der Waals surface area contributed by atoms with Crippen molar-refractivity contribution in [3.63, 3.8) is 0 Å². The van der Waals surface area contributed by atoms with Crippen molar-refractivity contribution in [1.29, 1.82) is 0 Å². The van der Waals surface area contributed by atoms with Crippen LogP contribution in [0.5, 0.6) is 0 Å². The second-order valence-corrected chi connectivity index (χ2v) is 6.05. The number of nitrogens with zero attached hydrogens (tertiary/aromatic N) is 2. The molecule has 3 rings (SSSR count). The molecular formula is C15H17N3OS. The first-order valence-electron chi connectivity index (χ1n) is 6.91. The molecule has 0 atom stereocenters. The maximum absolute atomic E-state index is 11.7. The van der Waals surface area contributed by atoms with E-state index >= 15 is 0 Å². The second kappa shape index (κ2) is 6.13. The number of hydrogen-bond donors (Lipinski definition) is 1. The van der Waals surface area contributed by atoms with E-state index in [1.807, 2.05) is 29.9 Å². The maximum atomic E-state index is 11.7. The lowest BCUT2D eigenvalue weighted by molar-refractivity contribution is -0.120. The molecule has 1 aliphatic carbocycles. The van der Waals surface area contributed by atoms with Crippen molar-refractivity contribution in [2.75, 3.05) is 0 Å². The van der Waals surface area contributed by atoms with E-state index in [4.69, 9.17) is 0 Å². The summed E-state index contributed by atoms with van der Waals surface area (Å²) in [4.78, 5) is 20.2.